The quantitative estimate of drug-likeness (QED) is 0.844. The van der Waals surface area contributed by atoms with Crippen molar-refractivity contribution in [3.8, 4) is 5.75 Å². The molecule has 0 saturated carbocycles. The van der Waals surface area contributed by atoms with Gasteiger partial charge in [-0.15, -0.1) is 0 Å². The van der Waals surface area contributed by atoms with Crippen LogP contribution in [0, 0.1) is 0 Å². The number of hydrogen-bond donors (Lipinski definition) is 2. The number of anilines is 2. The minimum Gasteiger partial charge on any atom is -0.491 e. The van der Waals surface area contributed by atoms with Crippen LogP contribution in [-0.4, -0.2) is 19.7 Å². The Labute approximate surface area is 130 Å². The van der Waals surface area contributed by atoms with Crippen LogP contribution in [0.4, 0.5) is 11.4 Å². The van der Waals surface area contributed by atoms with Crippen LogP contribution in [0.15, 0.2) is 42.5 Å². The highest BCUT2D eigenvalue weighted by molar-refractivity contribution is 5.59. The number of benzene rings is 2. The fraction of sp³-hybridized carbons (Fsp3) is 0.333. The van der Waals surface area contributed by atoms with Crippen molar-refractivity contribution < 1.29 is 9.47 Å². The molecule has 4 rings (SSSR count). The predicted octanol–water partition coefficient (Wildman–Crippen LogP) is 3.56. The Kier molecular flexibility index (Phi) is 3.60. The Hall–Kier alpha value is -2.20. The highest BCUT2D eigenvalue weighted by Gasteiger charge is 2.19. The van der Waals surface area contributed by atoms with Gasteiger partial charge in [0.05, 0.1) is 18.9 Å². The Bertz CT molecular complexity index is 645. The van der Waals surface area contributed by atoms with E-state index in [1.165, 1.54) is 16.8 Å². The number of fused-ring (bicyclic) bond motifs is 2. The first-order valence-electron chi connectivity index (χ1n) is 7.84. The van der Waals surface area contributed by atoms with Crippen LogP contribution < -0.4 is 15.4 Å². The van der Waals surface area contributed by atoms with Gasteiger partial charge in [0, 0.05) is 24.3 Å². The molecule has 2 aromatic carbocycles. The summed E-state index contributed by atoms with van der Waals surface area (Å²) in [7, 11) is 0. The van der Waals surface area contributed by atoms with Gasteiger partial charge in [-0.1, -0.05) is 24.3 Å². The third-order valence-electron chi connectivity index (χ3n) is 4.20. The predicted molar refractivity (Wildman–Crippen MR) is 87.5 cm³/mol. The second kappa shape index (κ2) is 5.89. The minimum absolute atomic E-state index is 0.0442. The summed E-state index contributed by atoms with van der Waals surface area (Å²) >= 11 is 0. The largest absolute Gasteiger partial charge is 0.491 e. The molecule has 2 aliphatic rings. The molecule has 2 N–H and O–H groups in total. The first-order chi connectivity index (χ1) is 10.9. The molecule has 2 heterocycles. The van der Waals surface area contributed by atoms with Crippen molar-refractivity contribution in [2.75, 3.05) is 30.3 Å². The molecule has 0 fully saturated rings. The number of nitrogens with one attached hydrogen (secondary N) is 2. The van der Waals surface area contributed by atoms with Gasteiger partial charge in [0.15, 0.2) is 0 Å². The van der Waals surface area contributed by atoms with Gasteiger partial charge in [-0.3, -0.25) is 0 Å². The lowest BCUT2D eigenvalue weighted by Crippen LogP contribution is -2.13. The van der Waals surface area contributed by atoms with E-state index in [-0.39, 0.29) is 6.10 Å². The topological polar surface area (TPSA) is 42.5 Å². The Morgan fingerprint density at radius 2 is 1.95 bits per heavy atom. The van der Waals surface area contributed by atoms with Gasteiger partial charge in [-0.2, -0.15) is 0 Å². The van der Waals surface area contributed by atoms with Gasteiger partial charge < -0.3 is 20.1 Å². The molecule has 0 aromatic heterocycles. The second-order valence-electron chi connectivity index (χ2n) is 5.72. The molecule has 22 heavy (non-hydrogen) atoms. The average molecular weight is 296 g/mol. The first kappa shape index (κ1) is 13.5. The van der Waals surface area contributed by atoms with Crippen LogP contribution in [0.5, 0.6) is 5.75 Å². The van der Waals surface area contributed by atoms with Crippen molar-refractivity contribution in [3.05, 3.63) is 53.6 Å². The zero-order chi connectivity index (χ0) is 14.8. The number of rotatable bonds is 1. The number of para-hydroxylation sites is 1. The smallest absolute Gasteiger partial charge is 0.142 e. The molecule has 0 spiro atoms. The van der Waals surface area contributed by atoms with E-state index in [4.69, 9.17) is 9.47 Å². The summed E-state index contributed by atoms with van der Waals surface area (Å²) in [6.45, 7) is 3.13. The van der Waals surface area contributed by atoms with Gasteiger partial charge >= 0.3 is 0 Å². The summed E-state index contributed by atoms with van der Waals surface area (Å²) in [5.41, 5.74) is 4.62. The maximum absolute atomic E-state index is 6.11. The summed E-state index contributed by atoms with van der Waals surface area (Å²) in [5.74, 6) is 0.936. The lowest BCUT2D eigenvalue weighted by atomic mass is 10.1. The summed E-state index contributed by atoms with van der Waals surface area (Å²) in [4.78, 5) is 0. The Balaban J connectivity index is 1.57. The molecule has 0 saturated heterocycles. The first-order valence-corrected chi connectivity index (χ1v) is 7.84. The van der Waals surface area contributed by atoms with E-state index >= 15 is 0 Å². The van der Waals surface area contributed by atoms with E-state index in [0.29, 0.717) is 6.61 Å². The molecule has 0 bridgehead atoms. The van der Waals surface area contributed by atoms with E-state index in [1.54, 1.807) is 0 Å². The van der Waals surface area contributed by atoms with Crippen molar-refractivity contribution in [3.63, 3.8) is 0 Å². The van der Waals surface area contributed by atoms with Gasteiger partial charge in [0.25, 0.3) is 0 Å². The van der Waals surface area contributed by atoms with E-state index in [2.05, 4.69) is 41.0 Å². The SMILES string of the molecule is c1ccc2c(c1)COC(c1ccc3c(c1)NCCCO3)CN2. The van der Waals surface area contributed by atoms with E-state index in [0.717, 1.165) is 37.6 Å². The number of hydrogen-bond acceptors (Lipinski definition) is 4. The van der Waals surface area contributed by atoms with E-state index in [9.17, 15) is 0 Å². The normalized spacial score (nSPS) is 20.3. The minimum atomic E-state index is 0.0442. The van der Waals surface area contributed by atoms with E-state index < -0.39 is 0 Å². The molecule has 0 aliphatic carbocycles. The second-order valence-corrected chi connectivity index (χ2v) is 5.72. The molecular formula is C18H20N2O2. The standard InChI is InChI=1S/C18H20N2O2/c1-2-5-15-14(4-1)12-22-18(11-20-15)13-6-7-17-16(10-13)19-8-3-9-21-17/h1-2,4-7,10,18-20H,3,8-9,11-12H2. The van der Waals surface area contributed by atoms with Crippen LogP contribution in [-0.2, 0) is 11.3 Å². The van der Waals surface area contributed by atoms with Gasteiger partial charge in [-0.05, 0) is 30.2 Å². The maximum Gasteiger partial charge on any atom is 0.142 e. The summed E-state index contributed by atoms with van der Waals surface area (Å²) in [6.07, 6.45) is 1.07. The highest BCUT2D eigenvalue weighted by atomic mass is 16.5. The van der Waals surface area contributed by atoms with Crippen LogP contribution in [0.2, 0.25) is 0 Å². The van der Waals surface area contributed by atoms with Gasteiger partial charge in [0.1, 0.15) is 11.9 Å². The monoisotopic (exact) mass is 296 g/mol. The van der Waals surface area contributed by atoms with Crippen molar-refractivity contribution in [2.45, 2.75) is 19.1 Å². The summed E-state index contributed by atoms with van der Waals surface area (Å²) in [5, 5.41) is 6.93. The molecule has 1 atom stereocenters. The van der Waals surface area contributed by atoms with E-state index in [1.807, 2.05) is 12.1 Å². The summed E-state index contributed by atoms with van der Waals surface area (Å²) < 4.78 is 11.9. The van der Waals surface area contributed by atoms with Crippen molar-refractivity contribution in [1.82, 2.24) is 0 Å². The van der Waals surface area contributed by atoms with Crippen LogP contribution in [0.3, 0.4) is 0 Å². The molecule has 114 valence electrons. The van der Waals surface area contributed by atoms with Gasteiger partial charge in [-0.25, -0.2) is 0 Å². The fourth-order valence-electron chi connectivity index (χ4n) is 2.97. The molecule has 4 nitrogen and oxygen atoms in total. The van der Waals surface area contributed by atoms with Crippen molar-refractivity contribution in [1.29, 1.82) is 0 Å². The van der Waals surface area contributed by atoms with Crippen molar-refractivity contribution in [2.24, 2.45) is 0 Å². The van der Waals surface area contributed by atoms with Crippen LogP contribution in [0.25, 0.3) is 0 Å². The number of ether oxygens (including phenoxy) is 2. The molecular weight excluding hydrogens is 276 g/mol. The third-order valence-corrected chi connectivity index (χ3v) is 4.20. The zero-order valence-electron chi connectivity index (χ0n) is 12.5. The van der Waals surface area contributed by atoms with Crippen LogP contribution in [0.1, 0.15) is 23.7 Å². The molecule has 0 radical (unpaired) electrons. The molecule has 2 aliphatic heterocycles. The Morgan fingerprint density at radius 3 is 2.95 bits per heavy atom. The maximum atomic E-state index is 6.11. The summed E-state index contributed by atoms with van der Waals surface area (Å²) in [6, 6.07) is 14.6. The molecule has 4 heteroatoms. The van der Waals surface area contributed by atoms with Crippen LogP contribution >= 0.6 is 0 Å². The lowest BCUT2D eigenvalue weighted by molar-refractivity contribution is 0.0523. The molecule has 1 unspecified atom stereocenters. The third kappa shape index (κ3) is 2.62. The Morgan fingerprint density at radius 1 is 1.00 bits per heavy atom. The van der Waals surface area contributed by atoms with Crippen molar-refractivity contribution >= 4 is 11.4 Å². The zero-order valence-corrected chi connectivity index (χ0v) is 12.5. The fourth-order valence-corrected chi connectivity index (χ4v) is 2.97. The highest BCUT2D eigenvalue weighted by Crippen LogP contribution is 2.33. The lowest BCUT2D eigenvalue weighted by Gasteiger charge is -2.18. The molecule has 2 aromatic rings. The average Bonchev–Trinajstić information content (AvgIpc) is 2.92. The van der Waals surface area contributed by atoms with Gasteiger partial charge in [0.2, 0.25) is 0 Å². The molecule has 0 amide bonds.